The lowest BCUT2D eigenvalue weighted by Crippen LogP contribution is -2.12. The van der Waals surface area contributed by atoms with Gasteiger partial charge in [0.2, 0.25) is 0 Å². The molecular formula is C14H13F4N5O. The fourth-order valence-electron chi connectivity index (χ4n) is 2.01. The number of benzene rings is 1. The summed E-state index contributed by atoms with van der Waals surface area (Å²) in [6, 6.07) is 2.82. The van der Waals surface area contributed by atoms with Gasteiger partial charge in [-0.25, -0.2) is 4.39 Å². The van der Waals surface area contributed by atoms with Crippen LogP contribution in [0.25, 0.3) is 0 Å². The molecule has 2 aromatic rings. The topological polar surface area (TPSA) is 86.8 Å². The average molecular weight is 343 g/mol. The summed E-state index contributed by atoms with van der Waals surface area (Å²) < 4.78 is 53.1. The summed E-state index contributed by atoms with van der Waals surface area (Å²) in [6.45, 7) is 0.417. The van der Waals surface area contributed by atoms with Crippen molar-refractivity contribution in [1.29, 1.82) is 5.26 Å². The Morgan fingerprint density at radius 1 is 1.33 bits per heavy atom. The zero-order valence-electron chi connectivity index (χ0n) is 12.3. The number of alkyl halides is 3. The van der Waals surface area contributed by atoms with Crippen molar-refractivity contribution in [2.75, 3.05) is 11.9 Å². The first kappa shape index (κ1) is 17.7. The number of nitriles is 1. The van der Waals surface area contributed by atoms with Crippen LogP contribution < -0.4 is 5.32 Å². The number of anilines is 1. The van der Waals surface area contributed by atoms with Crippen LogP contribution in [-0.2, 0) is 19.3 Å². The fraction of sp³-hybridized carbons (Fsp3) is 0.357. The maximum Gasteiger partial charge on any atom is 0.419 e. The molecule has 1 heterocycles. The molecule has 0 spiro atoms. The smallest absolute Gasteiger partial charge is 0.390 e. The summed E-state index contributed by atoms with van der Waals surface area (Å²) in [5.41, 5.74) is -1.30. The van der Waals surface area contributed by atoms with Gasteiger partial charge in [0, 0.05) is 13.1 Å². The number of hydrogen-bond donors (Lipinski definition) is 2. The highest BCUT2D eigenvalue weighted by atomic mass is 19.4. The number of nitrogens with zero attached hydrogens (tertiary/aromatic N) is 4. The third-order valence-electron chi connectivity index (χ3n) is 3.16. The zero-order chi connectivity index (χ0) is 17.7. The Morgan fingerprint density at radius 3 is 2.67 bits per heavy atom. The first-order valence-corrected chi connectivity index (χ1v) is 6.89. The second kappa shape index (κ2) is 7.27. The predicted molar refractivity (Wildman–Crippen MR) is 75.2 cm³/mol. The lowest BCUT2D eigenvalue weighted by Gasteiger charge is -2.13. The summed E-state index contributed by atoms with van der Waals surface area (Å²) in [5, 5.41) is 27.9. The molecule has 0 saturated heterocycles. The molecule has 2 rings (SSSR count). The van der Waals surface area contributed by atoms with Crippen LogP contribution in [0.5, 0.6) is 0 Å². The lowest BCUT2D eigenvalue weighted by molar-refractivity contribution is -0.139. The zero-order valence-corrected chi connectivity index (χ0v) is 12.3. The van der Waals surface area contributed by atoms with Crippen LogP contribution in [0.4, 0.5) is 23.2 Å². The number of halogens is 4. The van der Waals surface area contributed by atoms with Crippen LogP contribution in [0, 0.1) is 17.1 Å². The van der Waals surface area contributed by atoms with Gasteiger partial charge in [0.05, 0.1) is 29.6 Å². The van der Waals surface area contributed by atoms with E-state index >= 15 is 0 Å². The first-order valence-electron chi connectivity index (χ1n) is 6.89. The molecule has 0 atom stereocenters. The monoisotopic (exact) mass is 343 g/mol. The molecule has 6 nitrogen and oxygen atoms in total. The molecule has 0 radical (unpaired) electrons. The minimum atomic E-state index is -4.84. The molecule has 0 fully saturated rings. The maximum absolute atomic E-state index is 13.4. The number of aryl methyl sites for hydroxylation is 1. The predicted octanol–water partition coefficient (Wildman–Crippen LogP) is 2.30. The number of hydrogen-bond acceptors (Lipinski definition) is 5. The molecule has 1 aromatic heterocycles. The lowest BCUT2D eigenvalue weighted by atomic mass is 10.1. The van der Waals surface area contributed by atoms with Crippen molar-refractivity contribution in [3.8, 4) is 6.07 Å². The van der Waals surface area contributed by atoms with Crippen LogP contribution in [0.2, 0.25) is 0 Å². The van der Waals surface area contributed by atoms with E-state index in [1.165, 1.54) is 4.68 Å². The Balaban J connectivity index is 2.02. The van der Waals surface area contributed by atoms with Crippen molar-refractivity contribution in [3.63, 3.8) is 0 Å². The Morgan fingerprint density at radius 2 is 2.08 bits per heavy atom. The second-order valence-corrected chi connectivity index (χ2v) is 4.90. The fourth-order valence-corrected chi connectivity index (χ4v) is 2.01. The van der Waals surface area contributed by atoms with Crippen LogP contribution in [0.3, 0.4) is 0 Å². The van der Waals surface area contributed by atoms with E-state index in [0.717, 1.165) is 0 Å². The van der Waals surface area contributed by atoms with E-state index in [1.807, 2.05) is 0 Å². The summed E-state index contributed by atoms with van der Waals surface area (Å²) in [4.78, 5) is 0. The summed E-state index contributed by atoms with van der Waals surface area (Å²) in [7, 11) is 0. The molecule has 24 heavy (non-hydrogen) atoms. The summed E-state index contributed by atoms with van der Waals surface area (Å²) in [5.74, 6) is -1.48. The van der Waals surface area contributed by atoms with E-state index in [-0.39, 0.29) is 24.4 Å². The first-order chi connectivity index (χ1) is 11.3. The molecule has 0 unspecified atom stereocenters. The van der Waals surface area contributed by atoms with Gasteiger partial charge in [0.1, 0.15) is 17.6 Å². The number of aliphatic hydroxyl groups excluding tert-OH is 1. The Kier molecular flexibility index (Phi) is 5.35. The number of aliphatic hydroxyl groups is 1. The Labute approximate surface area is 134 Å². The molecule has 0 saturated carbocycles. The summed E-state index contributed by atoms with van der Waals surface area (Å²) in [6.07, 6.45) is -2.83. The van der Waals surface area contributed by atoms with Crippen molar-refractivity contribution < 1.29 is 22.7 Å². The van der Waals surface area contributed by atoms with E-state index in [0.29, 0.717) is 30.8 Å². The maximum atomic E-state index is 13.4. The highest BCUT2D eigenvalue weighted by molar-refractivity contribution is 5.59. The van der Waals surface area contributed by atoms with E-state index in [2.05, 4.69) is 15.6 Å². The minimum absolute atomic E-state index is 0.0825. The van der Waals surface area contributed by atoms with Gasteiger partial charge in [-0.1, -0.05) is 5.21 Å². The van der Waals surface area contributed by atoms with Gasteiger partial charge >= 0.3 is 6.18 Å². The van der Waals surface area contributed by atoms with Crippen LogP contribution in [0.1, 0.15) is 23.2 Å². The highest BCUT2D eigenvalue weighted by Crippen LogP contribution is 2.34. The normalized spacial score (nSPS) is 11.3. The van der Waals surface area contributed by atoms with Gasteiger partial charge < -0.3 is 10.4 Å². The third kappa shape index (κ3) is 4.20. The number of aromatic nitrogens is 3. The SMILES string of the molecule is N#Cc1cc(F)c(C(F)(F)F)cc1NCCCn1cc(CO)nn1. The van der Waals surface area contributed by atoms with E-state index in [1.54, 1.807) is 12.3 Å². The summed E-state index contributed by atoms with van der Waals surface area (Å²) >= 11 is 0. The molecule has 1 aromatic carbocycles. The molecule has 2 N–H and O–H groups in total. The third-order valence-corrected chi connectivity index (χ3v) is 3.16. The van der Waals surface area contributed by atoms with Crippen LogP contribution in [-0.4, -0.2) is 26.6 Å². The van der Waals surface area contributed by atoms with Gasteiger partial charge in [-0.15, -0.1) is 5.10 Å². The number of rotatable bonds is 6. The van der Waals surface area contributed by atoms with E-state index in [4.69, 9.17) is 10.4 Å². The molecule has 0 amide bonds. The quantitative estimate of drug-likeness (QED) is 0.621. The van der Waals surface area contributed by atoms with Crippen molar-refractivity contribution in [2.45, 2.75) is 25.7 Å². The largest absolute Gasteiger partial charge is 0.419 e. The second-order valence-electron chi connectivity index (χ2n) is 4.90. The number of nitrogens with one attached hydrogen (secondary N) is 1. The van der Waals surface area contributed by atoms with Crippen molar-refractivity contribution in [1.82, 2.24) is 15.0 Å². The van der Waals surface area contributed by atoms with E-state index in [9.17, 15) is 17.6 Å². The molecule has 10 heteroatoms. The molecule has 0 aliphatic carbocycles. The molecule has 0 aliphatic heterocycles. The van der Waals surface area contributed by atoms with Crippen molar-refractivity contribution in [2.24, 2.45) is 0 Å². The minimum Gasteiger partial charge on any atom is -0.390 e. The van der Waals surface area contributed by atoms with Crippen molar-refractivity contribution in [3.05, 3.63) is 41.0 Å². The molecule has 0 bridgehead atoms. The van der Waals surface area contributed by atoms with Gasteiger partial charge in [-0.05, 0) is 18.6 Å². The van der Waals surface area contributed by atoms with Gasteiger partial charge in [-0.2, -0.15) is 18.4 Å². The van der Waals surface area contributed by atoms with Gasteiger partial charge in [0.15, 0.2) is 0 Å². The van der Waals surface area contributed by atoms with Crippen LogP contribution in [0.15, 0.2) is 18.3 Å². The van der Waals surface area contributed by atoms with E-state index < -0.39 is 17.6 Å². The standard InChI is InChI=1S/C14H13F4N5O/c15-12-4-9(6-19)13(5-11(12)14(16,17)18)20-2-1-3-23-7-10(8-24)21-22-23/h4-5,7,20,24H,1-3,8H2. The van der Waals surface area contributed by atoms with Gasteiger partial charge in [0.25, 0.3) is 0 Å². The molecule has 0 aliphatic rings. The molecule has 128 valence electrons. The Bertz CT molecular complexity index is 751. The van der Waals surface area contributed by atoms with Crippen molar-refractivity contribution >= 4 is 5.69 Å². The van der Waals surface area contributed by atoms with Crippen LogP contribution >= 0.6 is 0 Å². The highest BCUT2D eigenvalue weighted by Gasteiger charge is 2.35. The molecular weight excluding hydrogens is 330 g/mol. The average Bonchev–Trinajstić information content (AvgIpc) is 2.99. The Hall–Kier alpha value is -2.67. The van der Waals surface area contributed by atoms with Gasteiger partial charge in [-0.3, -0.25) is 4.68 Å².